The summed E-state index contributed by atoms with van der Waals surface area (Å²) in [5.74, 6) is -0.344. The molecule has 1 N–H and O–H groups in total. The second-order valence-corrected chi connectivity index (χ2v) is 1.84. The molecule has 0 atom stereocenters. The molecule has 56 valence electrons. The molecule has 0 aromatic heterocycles. The molecule has 1 amide bonds. The molecule has 3 heteroatoms. The normalized spacial score (nSPS) is 9.80. The van der Waals surface area contributed by atoms with Gasteiger partial charge in [-0.1, -0.05) is 0 Å². The zero-order valence-electron chi connectivity index (χ0n) is 6.18. The van der Waals surface area contributed by atoms with Gasteiger partial charge in [-0.2, -0.15) is 0 Å². The lowest BCUT2D eigenvalue weighted by atomic mass is 10.4. The van der Waals surface area contributed by atoms with Crippen molar-refractivity contribution in [1.29, 1.82) is 0 Å². The first-order valence-electron chi connectivity index (χ1n) is 3.13. The van der Waals surface area contributed by atoms with Crippen molar-refractivity contribution in [3.8, 4) is 0 Å². The van der Waals surface area contributed by atoms with Crippen LogP contribution in [0.3, 0.4) is 0 Å². The fourth-order valence-corrected chi connectivity index (χ4v) is 0.426. The quantitative estimate of drug-likeness (QED) is 0.573. The maximum Gasteiger partial charge on any atom is 0.244 e. The number of nitrogens with one attached hydrogen (secondary N) is 1. The molecule has 10 heavy (non-hydrogen) atoms. The first kappa shape index (κ1) is 8.88. The highest BCUT2D eigenvalue weighted by Crippen LogP contribution is 1.74. The van der Waals surface area contributed by atoms with Crippen molar-refractivity contribution in [1.82, 2.24) is 5.32 Å². The molecule has 0 fully saturated rings. The van der Waals surface area contributed by atoms with E-state index in [-0.39, 0.29) is 11.7 Å². The monoisotopic (exact) mass is 141 g/mol. The van der Waals surface area contributed by atoms with Crippen LogP contribution in [0.2, 0.25) is 0 Å². The smallest absolute Gasteiger partial charge is 0.244 e. The fourth-order valence-electron chi connectivity index (χ4n) is 0.426. The van der Waals surface area contributed by atoms with Crippen molar-refractivity contribution < 1.29 is 9.59 Å². The molecule has 0 aliphatic heterocycles. The molecular formula is C7H11NO2. The van der Waals surface area contributed by atoms with Crippen LogP contribution in [0.1, 0.15) is 13.8 Å². The van der Waals surface area contributed by atoms with Crippen LogP contribution in [-0.2, 0) is 9.59 Å². The Balaban J connectivity index is 3.67. The van der Waals surface area contributed by atoms with Crippen LogP contribution in [0.5, 0.6) is 0 Å². The molecule has 0 aliphatic rings. The number of likely N-dealkylation sites (N-methyl/N-ethyl adjacent to an activating group) is 1. The molecule has 0 saturated carbocycles. The average Bonchev–Trinajstić information content (AvgIpc) is 1.85. The predicted octanol–water partition coefficient (Wildman–Crippen LogP) is 0.268. The Morgan fingerprint density at radius 2 is 2.00 bits per heavy atom. The Bertz CT molecular complexity index is 161. The number of ketones is 1. The number of amides is 1. The summed E-state index contributed by atoms with van der Waals surface area (Å²) in [4.78, 5) is 20.9. The highest BCUT2D eigenvalue weighted by atomic mass is 16.1. The van der Waals surface area contributed by atoms with Crippen LogP contribution >= 0.6 is 0 Å². The zero-order chi connectivity index (χ0) is 7.98. The summed E-state index contributed by atoms with van der Waals surface area (Å²) in [5.41, 5.74) is 0. The predicted molar refractivity (Wildman–Crippen MR) is 38.5 cm³/mol. The van der Waals surface area contributed by atoms with E-state index < -0.39 is 0 Å². The molecule has 0 spiro atoms. The first-order chi connectivity index (χ1) is 4.66. The van der Waals surface area contributed by atoms with Crippen molar-refractivity contribution in [3.05, 3.63) is 12.2 Å². The number of allylic oxidation sites excluding steroid dienone is 1. The van der Waals surface area contributed by atoms with Crippen LogP contribution < -0.4 is 5.32 Å². The Kier molecular flexibility index (Phi) is 4.20. The Morgan fingerprint density at radius 3 is 2.40 bits per heavy atom. The Morgan fingerprint density at radius 1 is 1.40 bits per heavy atom. The summed E-state index contributed by atoms with van der Waals surface area (Å²) < 4.78 is 0. The van der Waals surface area contributed by atoms with E-state index in [1.54, 1.807) is 0 Å². The van der Waals surface area contributed by atoms with E-state index in [9.17, 15) is 9.59 Å². The molecule has 0 aliphatic carbocycles. The van der Waals surface area contributed by atoms with Gasteiger partial charge in [0.2, 0.25) is 5.91 Å². The lowest BCUT2D eigenvalue weighted by Gasteiger charge is -1.92. The first-order valence-corrected chi connectivity index (χ1v) is 3.13. The maximum atomic E-state index is 10.6. The van der Waals surface area contributed by atoms with Gasteiger partial charge in [-0.25, -0.2) is 0 Å². The topological polar surface area (TPSA) is 46.2 Å². The largest absolute Gasteiger partial charge is 0.353 e. The van der Waals surface area contributed by atoms with E-state index in [2.05, 4.69) is 5.32 Å². The number of hydrogen-bond donors (Lipinski definition) is 1. The Labute approximate surface area is 60.1 Å². The van der Waals surface area contributed by atoms with Gasteiger partial charge in [0, 0.05) is 12.6 Å². The summed E-state index contributed by atoms with van der Waals surface area (Å²) in [7, 11) is 0. The van der Waals surface area contributed by atoms with Gasteiger partial charge in [-0.15, -0.1) is 0 Å². The summed E-state index contributed by atoms with van der Waals surface area (Å²) >= 11 is 0. The van der Waals surface area contributed by atoms with E-state index in [0.717, 1.165) is 0 Å². The molecule has 0 saturated heterocycles. The van der Waals surface area contributed by atoms with E-state index in [4.69, 9.17) is 0 Å². The lowest BCUT2D eigenvalue weighted by molar-refractivity contribution is -0.117. The number of rotatable bonds is 3. The number of carbonyl (C=O) groups is 2. The second kappa shape index (κ2) is 4.73. The van der Waals surface area contributed by atoms with E-state index >= 15 is 0 Å². The van der Waals surface area contributed by atoms with E-state index in [1.807, 2.05) is 6.92 Å². The van der Waals surface area contributed by atoms with Crippen molar-refractivity contribution in [2.75, 3.05) is 6.54 Å². The molecule has 0 unspecified atom stereocenters. The van der Waals surface area contributed by atoms with Gasteiger partial charge in [0.15, 0.2) is 5.78 Å². The van der Waals surface area contributed by atoms with Gasteiger partial charge in [0.25, 0.3) is 0 Å². The van der Waals surface area contributed by atoms with Crippen LogP contribution in [0, 0.1) is 0 Å². The van der Waals surface area contributed by atoms with Gasteiger partial charge in [-0.3, -0.25) is 9.59 Å². The van der Waals surface area contributed by atoms with E-state index in [1.165, 1.54) is 19.1 Å². The minimum Gasteiger partial charge on any atom is -0.353 e. The third kappa shape index (κ3) is 5.03. The third-order valence-electron chi connectivity index (χ3n) is 0.820. The summed E-state index contributed by atoms with van der Waals surface area (Å²) in [6, 6.07) is 0. The average molecular weight is 141 g/mol. The standard InChI is InChI=1S/C7H11NO2/c1-3-8-7(10)5-4-6(2)9/h4-5H,3H2,1-2H3,(H,8,10). The highest BCUT2D eigenvalue weighted by molar-refractivity contribution is 5.96. The zero-order valence-corrected chi connectivity index (χ0v) is 6.18. The highest BCUT2D eigenvalue weighted by Gasteiger charge is 1.90. The van der Waals surface area contributed by atoms with Crippen LogP contribution in [-0.4, -0.2) is 18.2 Å². The Hall–Kier alpha value is -1.12. The molecular weight excluding hydrogens is 130 g/mol. The SMILES string of the molecule is CCNC(=O)C=CC(C)=O. The molecule has 0 heterocycles. The summed E-state index contributed by atoms with van der Waals surface area (Å²) in [5, 5.41) is 2.52. The van der Waals surface area contributed by atoms with Gasteiger partial charge < -0.3 is 5.32 Å². The molecule has 0 radical (unpaired) electrons. The van der Waals surface area contributed by atoms with Gasteiger partial charge in [-0.05, 0) is 19.9 Å². The lowest BCUT2D eigenvalue weighted by Crippen LogP contribution is -2.20. The van der Waals surface area contributed by atoms with Crippen molar-refractivity contribution >= 4 is 11.7 Å². The fraction of sp³-hybridized carbons (Fsp3) is 0.429. The molecule has 3 nitrogen and oxygen atoms in total. The van der Waals surface area contributed by atoms with Crippen LogP contribution in [0.4, 0.5) is 0 Å². The number of hydrogen-bond acceptors (Lipinski definition) is 2. The van der Waals surface area contributed by atoms with Crippen molar-refractivity contribution in [2.24, 2.45) is 0 Å². The van der Waals surface area contributed by atoms with E-state index in [0.29, 0.717) is 6.54 Å². The van der Waals surface area contributed by atoms with Crippen molar-refractivity contribution in [3.63, 3.8) is 0 Å². The summed E-state index contributed by atoms with van der Waals surface area (Å²) in [6.45, 7) is 3.80. The maximum absolute atomic E-state index is 10.6. The molecule has 0 rings (SSSR count). The van der Waals surface area contributed by atoms with Gasteiger partial charge in [0.05, 0.1) is 0 Å². The van der Waals surface area contributed by atoms with Gasteiger partial charge >= 0.3 is 0 Å². The van der Waals surface area contributed by atoms with Crippen LogP contribution in [0.25, 0.3) is 0 Å². The van der Waals surface area contributed by atoms with Crippen molar-refractivity contribution in [2.45, 2.75) is 13.8 Å². The summed E-state index contributed by atoms with van der Waals surface area (Å²) in [6.07, 6.45) is 2.47. The minimum absolute atomic E-state index is 0.119. The second-order valence-electron chi connectivity index (χ2n) is 1.84. The molecule has 0 bridgehead atoms. The molecule has 0 aromatic rings. The minimum atomic E-state index is -0.224. The third-order valence-corrected chi connectivity index (χ3v) is 0.820. The van der Waals surface area contributed by atoms with Gasteiger partial charge in [0.1, 0.15) is 0 Å². The van der Waals surface area contributed by atoms with Crippen LogP contribution in [0.15, 0.2) is 12.2 Å². The number of carbonyl (C=O) groups excluding carboxylic acids is 2. The molecule has 0 aromatic carbocycles.